The zero-order valence-corrected chi connectivity index (χ0v) is 24.9. The molecule has 3 aliphatic rings. The van der Waals surface area contributed by atoms with Crippen LogP contribution in [-0.2, 0) is 16.7 Å². The van der Waals surface area contributed by atoms with E-state index < -0.39 is 11.5 Å². The summed E-state index contributed by atoms with van der Waals surface area (Å²) in [6, 6.07) is 17.2. The second kappa shape index (κ2) is 12.8. The first-order valence-corrected chi connectivity index (χ1v) is 15.6. The predicted molar refractivity (Wildman–Crippen MR) is 163 cm³/mol. The summed E-state index contributed by atoms with van der Waals surface area (Å²) in [5, 5.41) is 11.7. The predicted octanol–water partition coefficient (Wildman–Crippen LogP) is 5.20. The van der Waals surface area contributed by atoms with Crippen LogP contribution >= 0.6 is 0 Å². The van der Waals surface area contributed by atoms with E-state index in [1.165, 1.54) is 11.8 Å². The maximum Gasteiger partial charge on any atom is 0.407 e. The van der Waals surface area contributed by atoms with E-state index in [0.717, 1.165) is 70.4 Å². The number of carbonyl (C=O) groups is 1. The van der Waals surface area contributed by atoms with E-state index in [4.69, 9.17) is 10.00 Å². The monoisotopic (exact) mass is 584 g/mol. The second-order valence-electron chi connectivity index (χ2n) is 12.5. The molecule has 2 saturated heterocycles. The number of amides is 1. The van der Waals surface area contributed by atoms with Crippen LogP contribution in [0.3, 0.4) is 0 Å². The molecule has 1 saturated carbocycles. The van der Waals surface area contributed by atoms with Crippen LogP contribution in [0.5, 0.6) is 0 Å². The van der Waals surface area contributed by atoms with Crippen molar-refractivity contribution in [3.63, 3.8) is 0 Å². The number of halogens is 1. The summed E-state index contributed by atoms with van der Waals surface area (Å²) >= 11 is 0. The van der Waals surface area contributed by atoms with E-state index in [9.17, 15) is 9.18 Å². The van der Waals surface area contributed by atoms with E-state index in [1.807, 2.05) is 42.9 Å². The molecule has 226 valence electrons. The van der Waals surface area contributed by atoms with Crippen molar-refractivity contribution in [1.82, 2.24) is 19.8 Å². The maximum absolute atomic E-state index is 14.9. The van der Waals surface area contributed by atoms with Gasteiger partial charge in [0.1, 0.15) is 11.9 Å². The molecule has 1 N–H and O–H groups in total. The molecule has 2 aliphatic heterocycles. The van der Waals surface area contributed by atoms with Crippen molar-refractivity contribution in [2.24, 2.45) is 17.8 Å². The summed E-state index contributed by atoms with van der Waals surface area (Å²) in [5.74, 6) is 0.747. The molecule has 3 heterocycles. The number of likely N-dealkylation sites (tertiary alicyclic amines) is 1. The number of nitriles is 1. The number of hydrogen-bond donors (Lipinski definition) is 1. The zero-order chi connectivity index (χ0) is 29.8. The summed E-state index contributed by atoms with van der Waals surface area (Å²) in [6.45, 7) is 5.78. The highest BCUT2D eigenvalue weighted by Crippen LogP contribution is 2.52. The highest BCUT2D eigenvalue weighted by molar-refractivity contribution is 5.67. The first kappa shape index (κ1) is 29.2. The van der Waals surface area contributed by atoms with Gasteiger partial charge in [-0.05, 0) is 93.1 Å². The number of alkyl carbamates (subject to hydrolysis) is 1. The van der Waals surface area contributed by atoms with Gasteiger partial charge in [-0.2, -0.15) is 5.26 Å². The number of carbonyl (C=O) groups excluding carboxylic acids is 1. The molecule has 8 nitrogen and oxygen atoms in total. The number of ether oxygens (including phenoxy) is 1. The Bertz CT molecular complexity index is 1410. The molecule has 1 amide bonds. The third-order valence-electron chi connectivity index (χ3n) is 10.1. The van der Waals surface area contributed by atoms with E-state index in [1.54, 1.807) is 19.3 Å². The van der Waals surface area contributed by atoms with Gasteiger partial charge in [0.25, 0.3) is 0 Å². The Morgan fingerprint density at radius 1 is 1.14 bits per heavy atom. The van der Waals surface area contributed by atoms with E-state index >= 15 is 0 Å². The van der Waals surface area contributed by atoms with E-state index in [-0.39, 0.29) is 17.8 Å². The largest absolute Gasteiger partial charge is 0.446 e. The summed E-state index contributed by atoms with van der Waals surface area (Å²) in [5.41, 5.74) is 2.45. The third-order valence-corrected chi connectivity index (χ3v) is 10.1. The van der Waals surface area contributed by atoms with Crippen LogP contribution in [0.25, 0.3) is 0 Å². The lowest BCUT2D eigenvalue weighted by molar-refractivity contribution is 0.00191. The van der Waals surface area contributed by atoms with Gasteiger partial charge in [-0.25, -0.2) is 14.2 Å². The highest BCUT2D eigenvalue weighted by atomic mass is 19.1. The molecule has 3 aromatic rings. The van der Waals surface area contributed by atoms with Crippen LogP contribution in [0, 0.1) is 34.9 Å². The number of nitrogens with zero attached hydrogens (tertiary/aromatic N) is 5. The topological polar surface area (TPSA) is 86.4 Å². The Kier molecular flexibility index (Phi) is 8.66. The molecule has 0 radical (unpaired) electrons. The first-order valence-electron chi connectivity index (χ1n) is 15.6. The summed E-state index contributed by atoms with van der Waals surface area (Å²) in [4.78, 5) is 21.7. The van der Waals surface area contributed by atoms with Crippen molar-refractivity contribution in [3.8, 4) is 6.07 Å². The smallest absolute Gasteiger partial charge is 0.407 e. The summed E-state index contributed by atoms with van der Waals surface area (Å²) < 4.78 is 23.0. The number of nitrogens with one attached hydrogen (secondary N) is 1. The molecule has 9 heteroatoms. The van der Waals surface area contributed by atoms with Crippen LogP contribution in [-0.4, -0.2) is 66.4 Å². The fourth-order valence-corrected chi connectivity index (χ4v) is 8.04. The van der Waals surface area contributed by atoms with E-state index in [2.05, 4.69) is 36.8 Å². The van der Waals surface area contributed by atoms with Gasteiger partial charge in [0, 0.05) is 68.6 Å². The van der Waals surface area contributed by atoms with Gasteiger partial charge in [-0.1, -0.05) is 12.1 Å². The standard InChI is InChI=1S/C34H41FN6O2/c1-37-33(42)43-32-7-3-6-31(32)34(23-40-17-14-38-24-40,28-4-2-5-29(35)18-28)27-12-15-39(16-13-27)20-26-21-41(22-26)30-10-8-25(19-36)9-11-30/h2,4-5,8-11,14,17-18,24,26-27,31-32H,3,6-7,12-13,15-16,20-23H2,1H3,(H,37,42). The van der Waals surface area contributed by atoms with Gasteiger partial charge < -0.3 is 24.4 Å². The molecular formula is C34H41FN6O2. The fourth-order valence-electron chi connectivity index (χ4n) is 8.04. The summed E-state index contributed by atoms with van der Waals surface area (Å²) in [6.07, 6.45) is 9.73. The minimum Gasteiger partial charge on any atom is -0.446 e. The van der Waals surface area contributed by atoms with Crippen LogP contribution in [0.2, 0.25) is 0 Å². The molecule has 1 aromatic heterocycles. The Balaban J connectivity index is 1.20. The molecule has 0 bridgehead atoms. The van der Waals surface area contributed by atoms with Crippen LogP contribution in [0.1, 0.15) is 43.2 Å². The Morgan fingerprint density at radius 2 is 1.93 bits per heavy atom. The van der Waals surface area contributed by atoms with Crippen molar-refractivity contribution >= 4 is 11.8 Å². The number of hydrogen-bond acceptors (Lipinski definition) is 6. The Morgan fingerprint density at radius 3 is 2.60 bits per heavy atom. The number of imidazole rings is 1. The number of benzene rings is 2. The second-order valence-corrected chi connectivity index (χ2v) is 12.5. The number of piperidine rings is 1. The molecule has 3 atom stereocenters. The molecule has 6 rings (SSSR count). The van der Waals surface area contributed by atoms with Gasteiger partial charge in [-0.3, -0.25) is 0 Å². The normalized spacial score (nSPS) is 22.9. The number of aromatic nitrogens is 2. The van der Waals surface area contributed by atoms with Gasteiger partial charge >= 0.3 is 6.09 Å². The van der Waals surface area contributed by atoms with Crippen LogP contribution in [0.4, 0.5) is 14.9 Å². The van der Waals surface area contributed by atoms with Crippen molar-refractivity contribution in [1.29, 1.82) is 5.26 Å². The Labute approximate surface area is 253 Å². The van der Waals surface area contributed by atoms with E-state index in [0.29, 0.717) is 23.9 Å². The SMILES string of the molecule is CNC(=O)OC1CCCC1C(Cn1ccnc1)(c1cccc(F)c1)C1CCN(CC2CN(c3ccc(C#N)cc3)C2)CC1. The maximum atomic E-state index is 14.9. The summed E-state index contributed by atoms with van der Waals surface area (Å²) in [7, 11) is 1.60. The quantitative estimate of drug-likeness (QED) is 0.372. The molecule has 0 spiro atoms. The Hall–Kier alpha value is -3.90. The number of rotatable bonds is 9. The zero-order valence-electron chi connectivity index (χ0n) is 24.9. The fraction of sp³-hybridized carbons (Fsp3) is 0.500. The van der Waals surface area contributed by atoms with Crippen molar-refractivity contribution < 1.29 is 13.9 Å². The third kappa shape index (κ3) is 6.12. The molecule has 3 unspecified atom stereocenters. The van der Waals surface area contributed by atoms with Gasteiger partial charge in [0.05, 0.1) is 18.0 Å². The minimum absolute atomic E-state index is 0.0677. The first-order chi connectivity index (χ1) is 21.0. The average Bonchev–Trinajstić information content (AvgIpc) is 3.70. The lowest BCUT2D eigenvalue weighted by Crippen LogP contribution is -2.55. The molecular weight excluding hydrogens is 543 g/mol. The van der Waals surface area contributed by atoms with Gasteiger partial charge in [0.2, 0.25) is 0 Å². The highest BCUT2D eigenvalue weighted by Gasteiger charge is 2.53. The molecule has 2 aromatic carbocycles. The molecule has 3 fully saturated rings. The number of anilines is 1. The van der Waals surface area contributed by atoms with Crippen LogP contribution < -0.4 is 10.2 Å². The van der Waals surface area contributed by atoms with Crippen molar-refractivity contribution in [2.75, 3.05) is 44.7 Å². The lowest BCUT2D eigenvalue weighted by Gasteiger charge is -2.51. The van der Waals surface area contributed by atoms with Gasteiger partial charge in [0.15, 0.2) is 0 Å². The average molecular weight is 585 g/mol. The van der Waals surface area contributed by atoms with Gasteiger partial charge in [-0.15, -0.1) is 0 Å². The molecule has 1 aliphatic carbocycles. The lowest BCUT2D eigenvalue weighted by atomic mass is 9.58. The van der Waals surface area contributed by atoms with Crippen molar-refractivity contribution in [2.45, 2.75) is 50.2 Å². The van der Waals surface area contributed by atoms with Crippen molar-refractivity contribution in [3.05, 3.63) is 84.2 Å². The van der Waals surface area contributed by atoms with Crippen LogP contribution in [0.15, 0.2) is 67.3 Å². The minimum atomic E-state index is -0.410. The molecule has 43 heavy (non-hydrogen) atoms.